The smallest absolute Gasteiger partial charge is 0.147 e. The molecule has 0 unspecified atom stereocenters. The Labute approximate surface area is 118 Å². The fraction of sp³-hybridized carbons (Fsp3) is 0.538. The molecule has 1 aromatic rings. The summed E-state index contributed by atoms with van der Waals surface area (Å²) in [6.07, 6.45) is 1.28. The number of rotatable bonds is 6. The van der Waals surface area contributed by atoms with Crippen molar-refractivity contribution in [3.05, 3.63) is 34.3 Å². The Kier molecular flexibility index (Phi) is 5.82. The van der Waals surface area contributed by atoms with Crippen LogP contribution in [0.3, 0.4) is 0 Å². The molecule has 0 aliphatic rings. The van der Waals surface area contributed by atoms with Gasteiger partial charge < -0.3 is 5.32 Å². The van der Waals surface area contributed by atoms with Gasteiger partial charge in [0.05, 0.1) is 5.75 Å². The van der Waals surface area contributed by atoms with Gasteiger partial charge >= 0.3 is 0 Å². The Balaban J connectivity index is 2.52. The van der Waals surface area contributed by atoms with Crippen molar-refractivity contribution in [2.75, 3.05) is 18.6 Å². The second-order valence-electron chi connectivity index (χ2n) is 4.85. The lowest BCUT2D eigenvalue weighted by atomic mass is 10.1. The largest absolute Gasteiger partial charge is 0.310 e. The molecule has 0 spiro atoms. The molecule has 1 N–H and O–H groups in total. The van der Waals surface area contributed by atoms with Crippen LogP contribution >= 0.6 is 15.9 Å². The number of halogens is 1. The molecule has 0 aliphatic heterocycles. The van der Waals surface area contributed by atoms with E-state index in [-0.39, 0.29) is 17.7 Å². The van der Waals surface area contributed by atoms with E-state index in [0.29, 0.717) is 6.54 Å². The van der Waals surface area contributed by atoms with Gasteiger partial charge in [-0.2, -0.15) is 0 Å². The maximum atomic E-state index is 11.2. The Hall–Kier alpha value is -0.390. The molecule has 0 aromatic heterocycles. The Morgan fingerprint density at radius 3 is 2.44 bits per heavy atom. The molecule has 3 nitrogen and oxygen atoms in total. The van der Waals surface area contributed by atoms with Crippen molar-refractivity contribution in [2.24, 2.45) is 5.92 Å². The molecular weight excluding hydrogens is 314 g/mol. The van der Waals surface area contributed by atoms with Crippen molar-refractivity contribution in [2.45, 2.75) is 19.9 Å². The zero-order valence-corrected chi connectivity index (χ0v) is 13.4. The van der Waals surface area contributed by atoms with E-state index in [4.69, 9.17) is 0 Å². The van der Waals surface area contributed by atoms with Gasteiger partial charge in [0.25, 0.3) is 0 Å². The molecule has 0 radical (unpaired) electrons. The Morgan fingerprint density at radius 1 is 1.28 bits per heavy atom. The topological polar surface area (TPSA) is 46.2 Å². The second kappa shape index (κ2) is 6.68. The Bertz CT molecular complexity index is 488. The molecule has 0 saturated heterocycles. The average Bonchev–Trinajstić information content (AvgIpc) is 2.24. The first-order valence-corrected chi connectivity index (χ1v) is 8.80. The summed E-state index contributed by atoms with van der Waals surface area (Å²) in [6.45, 7) is 4.71. The predicted octanol–water partition coefficient (Wildman–Crippen LogP) is 2.78. The van der Waals surface area contributed by atoms with E-state index in [1.165, 1.54) is 11.8 Å². The first kappa shape index (κ1) is 15.7. The Morgan fingerprint density at radius 2 is 1.89 bits per heavy atom. The van der Waals surface area contributed by atoms with Crippen LogP contribution in [0.2, 0.25) is 0 Å². The summed E-state index contributed by atoms with van der Waals surface area (Å²) in [5.74, 6) is 0.341. The molecule has 2 atom stereocenters. The highest BCUT2D eigenvalue weighted by Crippen LogP contribution is 2.22. The molecule has 0 heterocycles. The second-order valence-corrected chi connectivity index (χ2v) is 7.89. The monoisotopic (exact) mass is 333 g/mol. The summed E-state index contributed by atoms with van der Waals surface area (Å²) in [6, 6.07) is 8.24. The van der Waals surface area contributed by atoms with E-state index in [2.05, 4.69) is 34.2 Å². The summed E-state index contributed by atoms with van der Waals surface area (Å²) in [4.78, 5) is 0. The lowest BCUT2D eigenvalue weighted by Crippen LogP contribution is -2.28. The number of nitrogens with one attached hydrogen (secondary N) is 1. The summed E-state index contributed by atoms with van der Waals surface area (Å²) in [5.41, 5.74) is 1.18. The number of benzene rings is 1. The SMILES string of the molecule is C[C@H](CN[C@H](C)c1ccccc1Br)CS(C)(=O)=O. The van der Waals surface area contributed by atoms with Crippen LogP contribution in [0.4, 0.5) is 0 Å². The first-order chi connectivity index (χ1) is 8.29. The van der Waals surface area contributed by atoms with E-state index in [1.807, 2.05) is 25.1 Å². The van der Waals surface area contributed by atoms with Gasteiger partial charge in [0.1, 0.15) is 9.84 Å². The summed E-state index contributed by atoms with van der Waals surface area (Å²) in [5, 5.41) is 3.37. The molecule has 102 valence electrons. The normalized spacial score (nSPS) is 15.3. The number of hydrogen-bond donors (Lipinski definition) is 1. The van der Waals surface area contributed by atoms with Crippen molar-refractivity contribution in [1.82, 2.24) is 5.32 Å². The quantitative estimate of drug-likeness (QED) is 0.870. The maximum absolute atomic E-state index is 11.2. The van der Waals surface area contributed by atoms with E-state index in [9.17, 15) is 8.42 Å². The standard InChI is InChI=1S/C13H20BrNO2S/c1-10(9-18(3,16)17)8-15-11(2)12-6-4-5-7-13(12)14/h4-7,10-11,15H,8-9H2,1-3H3/t10-,11-/m1/s1. The molecule has 0 amide bonds. The van der Waals surface area contributed by atoms with Gasteiger partial charge in [-0.25, -0.2) is 8.42 Å². The molecule has 0 bridgehead atoms. The van der Waals surface area contributed by atoms with Crippen LogP contribution in [0.25, 0.3) is 0 Å². The highest BCUT2D eigenvalue weighted by atomic mass is 79.9. The predicted molar refractivity (Wildman–Crippen MR) is 79.4 cm³/mol. The molecular formula is C13H20BrNO2S. The minimum absolute atomic E-state index is 0.116. The van der Waals surface area contributed by atoms with Crippen LogP contribution < -0.4 is 5.32 Å². The van der Waals surface area contributed by atoms with E-state index >= 15 is 0 Å². The van der Waals surface area contributed by atoms with Crippen LogP contribution in [0.15, 0.2) is 28.7 Å². The highest BCUT2D eigenvalue weighted by molar-refractivity contribution is 9.10. The van der Waals surface area contributed by atoms with Gasteiger partial charge in [0.15, 0.2) is 0 Å². The van der Waals surface area contributed by atoms with Gasteiger partial charge in [-0.1, -0.05) is 41.1 Å². The van der Waals surface area contributed by atoms with Crippen molar-refractivity contribution < 1.29 is 8.42 Å². The molecule has 0 fully saturated rings. The third-order valence-corrected chi connectivity index (χ3v) is 4.63. The summed E-state index contributed by atoms with van der Waals surface area (Å²) in [7, 11) is -2.89. The van der Waals surface area contributed by atoms with Gasteiger partial charge in [-0.15, -0.1) is 0 Å². The van der Waals surface area contributed by atoms with Crippen LogP contribution in [0.5, 0.6) is 0 Å². The zero-order chi connectivity index (χ0) is 13.8. The minimum Gasteiger partial charge on any atom is -0.310 e. The van der Waals surface area contributed by atoms with Crippen molar-refractivity contribution in [3.63, 3.8) is 0 Å². The average molecular weight is 334 g/mol. The zero-order valence-electron chi connectivity index (χ0n) is 11.0. The molecule has 0 saturated carbocycles. The van der Waals surface area contributed by atoms with Gasteiger partial charge in [-0.3, -0.25) is 0 Å². The first-order valence-electron chi connectivity index (χ1n) is 5.95. The van der Waals surface area contributed by atoms with E-state index in [1.54, 1.807) is 0 Å². The van der Waals surface area contributed by atoms with Crippen LogP contribution in [0, 0.1) is 5.92 Å². The number of hydrogen-bond acceptors (Lipinski definition) is 3. The van der Waals surface area contributed by atoms with Crippen molar-refractivity contribution in [1.29, 1.82) is 0 Å². The third kappa shape index (κ3) is 5.50. The minimum atomic E-state index is -2.89. The molecule has 5 heteroatoms. The molecule has 1 rings (SSSR count). The third-order valence-electron chi connectivity index (χ3n) is 2.73. The van der Waals surface area contributed by atoms with Crippen LogP contribution in [-0.2, 0) is 9.84 Å². The fourth-order valence-electron chi connectivity index (χ4n) is 1.89. The van der Waals surface area contributed by atoms with Crippen LogP contribution in [-0.4, -0.2) is 27.0 Å². The molecule has 0 aliphatic carbocycles. The fourth-order valence-corrected chi connectivity index (χ4v) is 3.67. The van der Waals surface area contributed by atoms with Gasteiger partial charge in [-0.05, 0) is 31.0 Å². The molecule has 1 aromatic carbocycles. The van der Waals surface area contributed by atoms with Gasteiger partial charge in [0.2, 0.25) is 0 Å². The highest BCUT2D eigenvalue weighted by Gasteiger charge is 2.13. The number of sulfone groups is 1. The molecule has 18 heavy (non-hydrogen) atoms. The van der Waals surface area contributed by atoms with Crippen LogP contribution in [0.1, 0.15) is 25.5 Å². The van der Waals surface area contributed by atoms with Gasteiger partial charge in [0, 0.05) is 16.8 Å². The van der Waals surface area contributed by atoms with Crippen molar-refractivity contribution >= 4 is 25.8 Å². The maximum Gasteiger partial charge on any atom is 0.147 e. The summed E-state index contributed by atoms with van der Waals surface area (Å²) < 4.78 is 23.4. The summed E-state index contributed by atoms with van der Waals surface area (Å²) >= 11 is 3.52. The van der Waals surface area contributed by atoms with Crippen molar-refractivity contribution in [3.8, 4) is 0 Å². The lowest BCUT2D eigenvalue weighted by Gasteiger charge is -2.18. The van der Waals surface area contributed by atoms with E-state index < -0.39 is 9.84 Å². The van der Waals surface area contributed by atoms with E-state index in [0.717, 1.165) is 4.47 Å². The lowest BCUT2D eigenvalue weighted by molar-refractivity contribution is 0.491.